The molecule has 0 saturated carbocycles. The number of hydrogen-bond acceptors (Lipinski definition) is 2. The Bertz CT molecular complexity index is 152. The smallest absolute Gasteiger partial charge is 1.00 e. The molecule has 0 saturated heterocycles. The normalized spacial score (nSPS) is 9.00. The summed E-state index contributed by atoms with van der Waals surface area (Å²) in [7, 11) is 0. The zero-order chi connectivity index (χ0) is 6.78. The third kappa shape index (κ3) is 4.06. The van der Waals surface area contributed by atoms with Gasteiger partial charge in [-0.2, -0.15) is 5.26 Å². The van der Waals surface area contributed by atoms with Gasteiger partial charge in [0.1, 0.15) is 5.41 Å². The molecule has 46 valence electrons. The maximum absolute atomic E-state index is 10.0. The minimum absolute atomic E-state index is 0. The van der Waals surface area contributed by atoms with Gasteiger partial charge in [0.25, 0.3) is 0 Å². The minimum Gasteiger partial charge on any atom is -1.00 e. The molecular weight excluding hydrogens is 145 g/mol. The summed E-state index contributed by atoms with van der Waals surface area (Å²) in [6.07, 6.45) is 0. The summed E-state index contributed by atoms with van der Waals surface area (Å²) in [5, 5.41) is 16.4. The van der Waals surface area contributed by atoms with Gasteiger partial charge in [-0.1, -0.05) is 0 Å². The van der Waals surface area contributed by atoms with E-state index in [4.69, 9.17) is 10.4 Å². The van der Waals surface area contributed by atoms with Gasteiger partial charge < -0.3 is 6.53 Å². The molecule has 0 bridgehead atoms. The van der Waals surface area contributed by atoms with Crippen LogP contribution in [0.2, 0.25) is 0 Å². The molecule has 3 nitrogen and oxygen atoms in total. The Balaban J connectivity index is -0.000000245. The average molecular weight is 153 g/mol. The van der Waals surface area contributed by atoms with Gasteiger partial charge in [0, 0.05) is 0 Å². The summed E-state index contributed by atoms with van der Waals surface area (Å²) < 4.78 is 0. The number of carboxylic acids is 1. The van der Waals surface area contributed by atoms with Crippen molar-refractivity contribution in [2.24, 2.45) is 5.41 Å². The van der Waals surface area contributed by atoms with Gasteiger partial charge in [0.2, 0.25) is 0 Å². The fraction of sp³-hybridized carbons (Fsp3) is 0.600. The van der Waals surface area contributed by atoms with E-state index in [-0.39, 0.29) is 52.8 Å². The van der Waals surface area contributed by atoms with E-state index in [0.717, 1.165) is 0 Å². The van der Waals surface area contributed by atoms with Crippen LogP contribution < -0.4 is 51.4 Å². The molecule has 0 aromatic heterocycles. The van der Waals surface area contributed by atoms with E-state index in [1.54, 1.807) is 6.07 Å². The summed E-state index contributed by atoms with van der Waals surface area (Å²) in [5.41, 5.74) is -1.24. The number of aliphatic carboxylic acids is 1. The van der Waals surface area contributed by atoms with E-state index >= 15 is 0 Å². The molecule has 0 aromatic rings. The van der Waals surface area contributed by atoms with E-state index in [9.17, 15) is 4.79 Å². The molecule has 9 heavy (non-hydrogen) atoms. The van der Waals surface area contributed by atoms with Crippen LogP contribution in [0.3, 0.4) is 0 Å². The molecule has 0 aliphatic rings. The van der Waals surface area contributed by atoms with Gasteiger partial charge in [-0.3, -0.25) is 4.79 Å². The van der Waals surface area contributed by atoms with E-state index in [0.29, 0.717) is 0 Å². The molecule has 0 heterocycles. The predicted molar refractivity (Wildman–Crippen MR) is 28.1 cm³/mol. The van der Waals surface area contributed by atoms with Crippen LogP contribution in [0, 0.1) is 16.7 Å². The van der Waals surface area contributed by atoms with Gasteiger partial charge in [0.05, 0.1) is 6.07 Å². The van der Waals surface area contributed by atoms with Crippen molar-refractivity contribution >= 4 is 5.97 Å². The van der Waals surface area contributed by atoms with Crippen LogP contribution in [0.5, 0.6) is 0 Å². The van der Waals surface area contributed by atoms with Crippen molar-refractivity contribution in [2.45, 2.75) is 13.8 Å². The van der Waals surface area contributed by atoms with Crippen molar-refractivity contribution in [3.63, 3.8) is 0 Å². The fourth-order valence-electron chi connectivity index (χ4n) is 0.0478. The van der Waals surface area contributed by atoms with Crippen molar-refractivity contribution in [2.75, 3.05) is 0 Å². The molecule has 1 N–H and O–H groups in total. The molecule has 0 atom stereocenters. The zero-order valence-corrected chi connectivity index (χ0v) is 8.93. The summed E-state index contributed by atoms with van der Waals surface area (Å²) in [6, 6.07) is 1.64. The van der Waals surface area contributed by atoms with Crippen LogP contribution in [-0.4, -0.2) is 11.1 Å². The number of carboxylic acid groups (broad SMARTS) is 1. The average Bonchev–Trinajstić information content (AvgIpc) is 1.67. The second-order valence-corrected chi connectivity index (χ2v) is 2.04. The second kappa shape index (κ2) is 4.42. The first-order valence-electron chi connectivity index (χ1n) is 2.15. The molecule has 0 amide bonds. The Morgan fingerprint density at radius 2 is 2.11 bits per heavy atom. The van der Waals surface area contributed by atoms with Crippen LogP contribution in [0.4, 0.5) is 0 Å². The van der Waals surface area contributed by atoms with Crippen molar-refractivity contribution in [3.05, 3.63) is 0 Å². The van der Waals surface area contributed by atoms with Crippen LogP contribution in [-0.2, 0) is 4.79 Å². The van der Waals surface area contributed by atoms with Crippen molar-refractivity contribution in [1.29, 1.82) is 5.26 Å². The topological polar surface area (TPSA) is 61.1 Å². The summed E-state index contributed by atoms with van der Waals surface area (Å²) in [6.45, 7) is 2.71. The van der Waals surface area contributed by atoms with Crippen molar-refractivity contribution in [3.8, 4) is 6.07 Å². The quantitative estimate of drug-likeness (QED) is 0.432. The van der Waals surface area contributed by atoms with Crippen molar-refractivity contribution in [1.82, 2.24) is 0 Å². The van der Waals surface area contributed by atoms with Gasteiger partial charge >= 0.3 is 57.4 Å². The molecule has 0 aliphatic heterocycles. The number of nitriles is 1. The zero-order valence-electron chi connectivity index (χ0n) is 6.80. The Morgan fingerprint density at radius 1 is 1.78 bits per heavy atom. The second-order valence-electron chi connectivity index (χ2n) is 2.04. The van der Waals surface area contributed by atoms with Crippen LogP contribution in [0.15, 0.2) is 0 Å². The Kier molecular flexibility index (Phi) is 6.03. The molecule has 0 aromatic carbocycles. The fourth-order valence-corrected chi connectivity index (χ4v) is 0.0478. The van der Waals surface area contributed by atoms with Crippen molar-refractivity contribution < 1.29 is 62.7 Å². The molecule has 0 fully saturated rings. The van der Waals surface area contributed by atoms with E-state index < -0.39 is 11.4 Å². The van der Waals surface area contributed by atoms with Crippen LogP contribution in [0.25, 0.3) is 0 Å². The van der Waals surface area contributed by atoms with E-state index in [1.807, 2.05) is 0 Å². The number of hydrogen-bond donors (Lipinski definition) is 1. The number of rotatable bonds is 1. The Morgan fingerprint density at radius 3 is 2.11 bits per heavy atom. The first-order chi connectivity index (χ1) is 3.50. The molecule has 0 aliphatic carbocycles. The summed E-state index contributed by atoms with van der Waals surface area (Å²) >= 11 is 0. The SMILES string of the molecule is CC(C)(C#N)C(=O)O.[H-].[K+]. The van der Waals surface area contributed by atoms with Gasteiger partial charge in [0.15, 0.2) is 0 Å². The van der Waals surface area contributed by atoms with Crippen LogP contribution >= 0.6 is 0 Å². The molecule has 4 heteroatoms. The standard InChI is InChI=1S/C5H7NO2.K.H/c1-5(2,3-6)4(7)8;;/h1-2H3,(H,7,8);;/q;+1;-1. The van der Waals surface area contributed by atoms with E-state index in [2.05, 4.69) is 0 Å². The third-order valence-corrected chi connectivity index (χ3v) is 0.814. The number of carbonyl (C=O) groups is 1. The maximum atomic E-state index is 10.0. The van der Waals surface area contributed by atoms with Gasteiger partial charge in [-0.25, -0.2) is 0 Å². The first kappa shape index (κ1) is 12.3. The molecular formula is C5H8KNO2. The Labute approximate surface area is 98.0 Å². The molecule has 0 rings (SSSR count). The summed E-state index contributed by atoms with van der Waals surface area (Å²) in [5.74, 6) is -1.08. The molecule has 0 unspecified atom stereocenters. The predicted octanol–water partition coefficient (Wildman–Crippen LogP) is -2.26. The molecule has 0 spiro atoms. The number of nitrogens with zero attached hydrogens (tertiary/aromatic N) is 1. The van der Waals surface area contributed by atoms with Gasteiger partial charge in [-0.05, 0) is 13.8 Å². The van der Waals surface area contributed by atoms with Gasteiger partial charge in [-0.15, -0.1) is 0 Å². The molecule has 0 radical (unpaired) electrons. The maximum Gasteiger partial charge on any atom is 1.00 e. The third-order valence-electron chi connectivity index (χ3n) is 0.814. The first-order valence-corrected chi connectivity index (χ1v) is 2.15. The monoisotopic (exact) mass is 153 g/mol. The van der Waals surface area contributed by atoms with E-state index in [1.165, 1.54) is 13.8 Å². The van der Waals surface area contributed by atoms with Crippen LogP contribution in [0.1, 0.15) is 15.3 Å². The minimum atomic E-state index is -1.24. The largest absolute Gasteiger partial charge is 1.00 e. The summed E-state index contributed by atoms with van der Waals surface area (Å²) in [4.78, 5) is 10.0. The Hall–Kier alpha value is 0.596.